The summed E-state index contributed by atoms with van der Waals surface area (Å²) >= 11 is 0. The zero-order chi connectivity index (χ0) is 12.8. The summed E-state index contributed by atoms with van der Waals surface area (Å²) in [7, 11) is 0. The summed E-state index contributed by atoms with van der Waals surface area (Å²) in [6.07, 6.45) is 7.51. The molecule has 0 saturated heterocycles. The molecule has 0 spiro atoms. The highest BCUT2D eigenvalue weighted by molar-refractivity contribution is 5.73. The standard InChI is InChI=1S/C14H27NO2/c1-4-12(11-8-6-5-7-9-11)15-13(10(2)3)14(16)17/h10-13,15H,4-9H2,1-3H3,(H,16,17). The van der Waals surface area contributed by atoms with Crippen LogP contribution in [0.2, 0.25) is 0 Å². The molecule has 2 atom stereocenters. The summed E-state index contributed by atoms with van der Waals surface area (Å²) in [5.41, 5.74) is 0. The van der Waals surface area contributed by atoms with Gasteiger partial charge in [0.2, 0.25) is 0 Å². The summed E-state index contributed by atoms with van der Waals surface area (Å²) in [6, 6.07) is -0.0272. The van der Waals surface area contributed by atoms with Crippen LogP contribution < -0.4 is 5.32 Å². The van der Waals surface area contributed by atoms with Crippen molar-refractivity contribution in [2.45, 2.75) is 71.4 Å². The normalized spacial score (nSPS) is 21.4. The maximum atomic E-state index is 11.2. The minimum Gasteiger partial charge on any atom is -0.480 e. The van der Waals surface area contributed by atoms with Crippen LogP contribution in [0.5, 0.6) is 0 Å². The molecule has 3 nitrogen and oxygen atoms in total. The molecule has 17 heavy (non-hydrogen) atoms. The van der Waals surface area contributed by atoms with Gasteiger partial charge in [-0.25, -0.2) is 0 Å². The van der Waals surface area contributed by atoms with Gasteiger partial charge in [0.05, 0.1) is 0 Å². The molecule has 1 fully saturated rings. The van der Waals surface area contributed by atoms with Gasteiger partial charge < -0.3 is 10.4 Å². The third-order valence-electron chi connectivity index (χ3n) is 3.99. The minimum atomic E-state index is -0.714. The van der Waals surface area contributed by atoms with Gasteiger partial charge in [0.25, 0.3) is 0 Å². The third-order valence-corrected chi connectivity index (χ3v) is 3.99. The first-order chi connectivity index (χ1) is 8.06. The first-order valence-corrected chi connectivity index (χ1v) is 7.05. The fraction of sp³-hybridized carbons (Fsp3) is 0.929. The lowest BCUT2D eigenvalue weighted by molar-refractivity contribution is -0.141. The van der Waals surface area contributed by atoms with E-state index in [1.807, 2.05) is 13.8 Å². The van der Waals surface area contributed by atoms with Crippen LogP contribution in [-0.2, 0) is 4.79 Å². The van der Waals surface area contributed by atoms with E-state index in [-0.39, 0.29) is 5.92 Å². The molecule has 100 valence electrons. The first kappa shape index (κ1) is 14.5. The lowest BCUT2D eigenvalue weighted by Crippen LogP contribution is -2.49. The molecular formula is C14H27NO2. The minimum absolute atomic E-state index is 0.144. The molecule has 0 radical (unpaired) electrons. The Bertz CT molecular complexity index is 234. The van der Waals surface area contributed by atoms with Gasteiger partial charge in [-0.2, -0.15) is 0 Å². The molecule has 0 heterocycles. The van der Waals surface area contributed by atoms with Crippen molar-refractivity contribution in [1.29, 1.82) is 0 Å². The number of carboxylic acid groups (broad SMARTS) is 1. The maximum Gasteiger partial charge on any atom is 0.320 e. The second kappa shape index (κ2) is 7.00. The van der Waals surface area contributed by atoms with Gasteiger partial charge >= 0.3 is 5.97 Å². The van der Waals surface area contributed by atoms with Crippen LogP contribution >= 0.6 is 0 Å². The van der Waals surface area contributed by atoms with Crippen LogP contribution in [0.25, 0.3) is 0 Å². The summed E-state index contributed by atoms with van der Waals surface area (Å²) in [5.74, 6) is 0.105. The summed E-state index contributed by atoms with van der Waals surface area (Å²) < 4.78 is 0. The highest BCUT2D eigenvalue weighted by Gasteiger charge is 2.28. The largest absolute Gasteiger partial charge is 0.480 e. The molecule has 1 saturated carbocycles. The number of carboxylic acids is 1. The van der Waals surface area contributed by atoms with Gasteiger partial charge in [0.15, 0.2) is 0 Å². The SMILES string of the molecule is CCC(NC(C(=O)O)C(C)C)C1CCCCC1. The Morgan fingerprint density at radius 1 is 1.29 bits per heavy atom. The van der Waals surface area contributed by atoms with E-state index in [2.05, 4.69) is 12.2 Å². The number of nitrogens with one attached hydrogen (secondary N) is 1. The molecule has 0 aromatic carbocycles. The molecule has 1 aliphatic carbocycles. The summed E-state index contributed by atoms with van der Waals surface area (Å²) in [6.45, 7) is 6.10. The highest BCUT2D eigenvalue weighted by atomic mass is 16.4. The van der Waals surface area contributed by atoms with Crippen LogP contribution in [-0.4, -0.2) is 23.2 Å². The monoisotopic (exact) mass is 241 g/mol. The van der Waals surface area contributed by atoms with Gasteiger partial charge in [-0.05, 0) is 31.1 Å². The van der Waals surface area contributed by atoms with Gasteiger partial charge in [-0.3, -0.25) is 4.79 Å². The van der Waals surface area contributed by atoms with E-state index in [0.717, 1.165) is 6.42 Å². The van der Waals surface area contributed by atoms with Crippen LogP contribution in [0.1, 0.15) is 59.3 Å². The van der Waals surface area contributed by atoms with E-state index >= 15 is 0 Å². The van der Waals surface area contributed by atoms with E-state index < -0.39 is 12.0 Å². The molecular weight excluding hydrogens is 214 g/mol. The van der Waals surface area contributed by atoms with Crippen molar-refractivity contribution in [3.63, 3.8) is 0 Å². The number of hydrogen-bond donors (Lipinski definition) is 2. The van der Waals surface area contributed by atoms with Gasteiger partial charge in [0.1, 0.15) is 6.04 Å². The van der Waals surface area contributed by atoms with Crippen molar-refractivity contribution in [2.24, 2.45) is 11.8 Å². The Morgan fingerprint density at radius 3 is 2.29 bits per heavy atom. The molecule has 1 rings (SSSR count). The van der Waals surface area contributed by atoms with Crippen molar-refractivity contribution >= 4 is 5.97 Å². The Balaban J connectivity index is 2.57. The number of hydrogen-bond acceptors (Lipinski definition) is 2. The van der Waals surface area contributed by atoms with Crippen molar-refractivity contribution in [2.75, 3.05) is 0 Å². The smallest absolute Gasteiger partial charge is 0.320 e. The van der Waals surface area contributed by atoms with Crippen LogP contribution in [0, 0.1) is 11.8 Å². The van der Waals surface area contributed by atoms with Crippen molar-refractivity contribution in [1.82, 2.24) is 5.32 Å². The van der Waals surface area contributed by atoms with Crippen molar-refractivity contribution in [3.05, 3.63) is 0 Å². The molecule has 2 unspecified atom stereocenters. The molecule has 3 heteroatoms. The quantitative estimate of drug-likeness (QED) is 0.751. The lowest BCUT2D eigenvalue weighted by Gasteiger charge is -2.33. The number of aliphatic carboxylic acids is 1. The van der Waals surface area contributed by atoms with Crippen molar-refractivity contribution in [3.8, 4) is 0 Å². The third kappa shape index (κ3) is 4.30. The van der Waals surface area contributed by atoms with Crippen LogP contribution in [0.15, 0.2) is 0 Å². The fourth-order valence-corrected chi connectivity index (χ4v) is 2.90. The van der Waals surface area contributed by atoms with Gasteiger partial charge in [-0.1, -0.05) is 40.0 Å². The molecule has 1 aliphatic rings. The molecule has 0 aromatic heterocycles. The zero-order valence-electron chi connectivity index (χ0n) is 11.4. The second-order valence-electron chi connectivity index (χ2n) is 5.64. The Kier molecular flexibility index (Phi) is 5.96. The second-order valence-corrected chi connectivity index (χ2v) is 5.64. The number of rotatable bonds is 6. The lowest BCUT2D eigenvalue weighted by atomic mass is 9.82. The molecule has 0 bridgehead atoms. The first-order valence-electron chi connectivity index (χ1n) is 7.05. The van der Waals surface area contributed by atoms with E-state index in [0.29, 0.717) is 12.0 Å². The molecule has 0 aromatic rings. The topological polar surface area (TPSA) is 49.3 Å². The predicted octanol–water partition coefficient (Wildman–Crippen LogP) is 3.04. The van der Waals surface area contributed by atoms with E-state index in [1.165, 1.54) is 32.1 Å². The van der Waals surface area contributed by atoms with Crippen LogP contribution in [0.4, 0.5) is 0 Å². The van der Waals surface area contributed by atoms with E-state index in [9.17, 15) is 9.90 Å². The van der Waals surface area contributed by atoms with Gasteiger partial charge in [-0.15, -0.1) is 0 Å². The zero-order valence-corrected chi connectivity index (χ0v) is 11.4. The Morgan fingerprint density at radius 2 is 1.88 bits per heavy atom. The van der Waals surface area contributed by atoms with Gasteiger partial charge in [0, 0.05) is 6.04 Å². The van der Waals surface area contributed by atoms with Crippen LogP contribution in [0.3, 0.4) is 0 Å². The average Bonchev–Trinajstić information content (AvgIpc) is 2.30. The maximum absolute atomic E-state index is 11.2. The van der Waals surface area contributed by atoms with E-state index in [1.54, 1.807) is 0 Å². The summed E-state index contributed by atoms with van der Waals surface area (Å²) in [4.78, 5) is 11.2. The molecule has 0 amide bonds. The highest BCUT2D eigenvalue weighted by Crippen LogP contribution is 2.28. The molecule has 2 N–H and O–H groups in total. The fourth-order valence-electron chi connectivity index (χ4n) is 2.90. The van der Waals surface area contributed by atoms with Crippen molar-refractivity contribution < 1.29 is 9.90 Å². The van der Waals surface area contributed by atoms with E-state index in [4.69, 9.17) is 0 Å². The number of carbonyl (C=O) groups is 1. The molecule has 0 aliphatic heterocycles. The summed E-state index contributed by atoms with van der Waals surface area (Å²) in [5, 5.41) is 12.6. The average molecular weight is 241 g/mol. The Hall–Kier alpha value is -0.570. The Labute approximate surface area is 105 Å². The predicted molar refractivity (Wildman–Crippen MR) is 70.1 cm³/mol.